The maximum atomic E-state index is 13.2. The van der Waals surface area contributed by atoms with E-state index in [1.165, 1.54) is 24.6 Å². The van der Waals surface area contributed by atoms with Crippen molar-refractivity contribution in [2.24, 2.45) is 10.9 Å². The summed E-state index contributed by atoms with van der Waals surface area (Å²) in [5, 5.41) is 0.776. The van der Waals surface area contributed by atoms with Crippen LogP contribution in [0, 0.1) is 5.92 Å². The fourth-order valence-corrected chi connectivity index (χ4v) is 4.68. The number of carbonyl (C=O) groups excluding carboxylic acids is 1. The Bertz CT molecular complexity index is 827. The highest BCUT2D eigenvalue weighted by atomic mass is 32.2. The summed E-state index contributed by atoms with van der Waals surface area (Å²) in [5.41, 5.74) is 0.871. The number of aliphatic imine (C=N–C) groups is 1. The zero-order chi connectivity index (χ0) is 17.9. The van der Waals surface area contributed by atoms with Gasteiger partial charge in [-0.1, -0.05) is 38.0 Å². The topological polar surface area (TPSA) is 45.8 Å². The summed E-state index contributed by atoms with van der Waals surface area (Å²) in [6.07, 6.45) is 8.05. The van der Waals surface area contributed by atoms with Crippen molar-refractivity contribution in [1.82, 2.24) is 4.90 Å². The van der Waals surface area contributed by atoms with Crippen molar-refractivity contribution in [1.29, 1.82) is 0 Å². The summed E-state index contributed by atoms with van der Waals surface area (Å²) in [4.78, 5) is 20.6. The molecule has 1 aromatic carbocycles. The summed E-state index contributed by atoms with van der Waals surface area (Å²) < 4.78 is 5.40. The Morgan fingerprint density at radius 1 is 1.15 bits per heavy atom. The number of para-hydroxylation sites is 1. The predicted octanol–water partition coefficient (Wildman–Crippen LogP) is 5.46. The fraction of sp³-hybridized carbons (Fsp3) is 0.333. The van der Waals surface area contributed by atoms with E-state index in [4.69, 9.17) is 9.41 Å². The summed E-state index contributed by atoms with van der Waals surface area (Å²) in [5.74, 6) is 1.22. The lowest BCUT2D eigenvalue weighted by Crippen LogP contribution is -2.44. The predicted molar refractivity (Wildman–Crippen MR) is 106 cm³/mol. The van der Waals surface area contributed by atoms with Crippen LogP contribution in [-0.2, 0) is 4.79 Å². The first kappa shape index (κ1) is 17.2. The van der Waals surface area contributed by atoms with Gasteiger partial charge in [-0.3, -0.25) is 9.69 Å². The van der Waals surface area contributed by atoms with E-state index >= 15 is 0 Å². The molecule has 2 aromatic rings. The number of furan rings is 1. The third kappa shape index (κ3) is 3.49. The third-order valence-corrected chi connectivity index (χ3v) is 6.02. The van der Waals surface area contributed by atoms with Crippen molar-refractivity contribution in [3.63, 3.8) is 0 Å². The van der Waals surface area contributed by atoms with Crippen molar-refractivity contribution in [3.05, 3.63) is 59.4 Å². The summed E-state index contributed by atoms with van der Waals surface area (Å²) in [6, 6.07) is 13.7. The lowest BCUT2D eigenvalue weighted by Gasteiger charge is -2.35. The van der Waals surface area contributed by atoms with E-state index in [9.17, 15) is 4.79 Å². The molecule has 0 unspecified atom stereocenters. The fourth-order valence-electron chi connectivity index (χ4n) is 3.65. The van der Waals surface area contributed by atoms with Gasteiger partial charge in [0.15, 0.2) is 5.17 Å². The maximum Gasteiger partial charge on any atom is 0.267 e. The molecule has 1 amide bonds. The summed E-state index contributed by atoms with van der Waals surface area (Å²) >= 11 is 1.44. The SMILES string of the molecule is C[C@@H]1CCCC[C@@H]1N1C(=O)/C(=C/c2ccco2)SC1=Nc1ccccc1. The quantitative estimate of drug-likeness (QED) is 0.677. The van der Waals surface area contributed by atoms with Gasteiger partial charge in [-0.15, -0.1) is 0 Å². The van der Waals surface area contributed by atoms with E-state index in [0.717, 1.165) is 23.7 Å². The molecule has 0 N–H and O–H groups in total. The smallest absolute Gasteiger partial charge is 0.267 e. The molecule has 1 aliphatic heterocycles. The minimum Gasteiger partial charge on any atom is -0.465 e. The molecule has 0 radical (unpaired) electrons. The highest BCUT2D eigenvalue weighted by molar-refractivity contribution is 8.18. The van der Waals surface area contributed by atoms with Gasteiger partial charge in [-0.2, -0.15) is 0 Å². The molecule has 4 nitrogen and oxygen atoms in total. The molecule has 1 saturated carbocycles. The first-order valence-corrected chi connectivity index (χ1v) is 9.94. The van der Waals surface area contributed by atoms with Crippen LogP contribution < -0.4 is 0 Å². The number of benzene rings is 1. The number of thioether (sulfide) groups is 1. The van der Waals surface area contributed by atoms with Crippen LogP contribution in [0.5, 0.6) is 0 Å². The zero-order valence-electron chi connectivity index (χ0n) is 14.8. The highest BCUT2D eigenvalue weighted by Crippen LogP contribution is 2.40. The van der Waals surface area contributed by atoms with Gasteiger partial charge in [0.1, 0.15) is 5.76 Å². The molecule has 5 heteroatoms. The zero-order valence-corrected chi connectivity index (χ0v) is 15.6. The average Bonchev–Trinajstić information content (AvgIpc) is 3.26. The summed E-state index contributed by atoms with van der Waals surface area (Å²) in [6.45, 7) is 2.25. The van der Waals surface area contributed by atoms with Crippen LogP contribution >= 0.6 is 11.8 Å². The van der Waals surface area contributed by atoms with Gasteiger partial charge < -0.3 is 4.42 Å². The average molecular weight is 366 g/mol. The molecule has 0 bridgehead atoms. The molecule has 1 aromatic heterocycles. The van der Waals surface area contributed by atoms with E-state index in [0.29, 0.717) is 16.6 Å². The maximum absolute atomic E-state index is 13.2. The van der Waals surface area contributed by atoms with Gasteiger partial charge in [0.05, 0.1) is 16.9 Å². The second kappa shape index (κ2) is 7.54. The highest BCUT2D eigenvalue weighted by Gasteiger charge is 2.41. The molecule has 2 atom stereocenters. The van der Waals surface area contributed by atoms with E-state index < -0.39 is 0 Å². The van der Waals surface area contributed by atoms with E-state index in [2.05, 4.69) is 6.92 Å². The molecule has 1 saturated heterocycles. The van der Waals surface area contributed by atoms with E-state index in [1.54, 1.807) is 6.26 Å². The molecule has 4 rings (SSSR count). The summed E-state index contributed by atoms with van der Waals surface area (Å²) in [7, 11) is 0. The number of hydrogen-bond donors (Lipinski definition) is 0. The first-order chi connectivity index (χ1) is 12.7. The van der Waals surface area contributed by atoms with Crippen LogP contribution in [0.4, 0.5) is 5.69 Å². The van der Waals surface area contributed by atoms with Gasteiger partial charge in [0.25, 0.3) is 5.91 Å². The molecule has 0 spiro atoms. The lowest BCUT2D eigenvalue weighted by atomic mass is 9.85. The Labute approximate surface area is 158 Å². The Balaban J connectivity index is 1.71. The Morgan fingerprint density at radius 2 is 1.96 bits per heavy atom. The molecule has 2 aliphatic rings. The van der Waals surface area contributed by atoms with Crippen molar-refractivity contribution < 1.29 is 9.21 Å². The van der Waals surface area contributed by atoms with Gasteiger partial charge in [0.2, 0.25) is 0 Å². The van der Waals surface area contributed by atoms with Crippen LogP contribution in [0.25, 0.3) is 6.08 Å². The number of hydrogen-bond acceptors (Lipinski definition) is 4. The second-order valence-corrected chi connectivity index (χ2v) is 7.87. The molecule has 2 fully saturated rings. The molecule has 134 valence electrons. The van der Waals surface area contributed by atoms with Crippen LogP contribution in [0.2, 0.25) is 0 Å². The standard InChI is InChI=1S/C21H22N2O2S/c1-15-8-5-6-12-18(15)23-20(24)19(14-17-11-7-13-25-17)26-21(23)22-16-9-3-2-4-10-16/h2-4,7,9-11,13-15,18H,5-6,8,12H2,1H3/b19-14-,22-21?/t15-,18+/m1/s1. The minimum atomic E-state index is 0.0415. The van der Waals surface area contributed by atoms with Crippen molar-refractivity contribution in [2.75, 3.05) is 0 Å². The van der Waals surface area contributed by atoms with Crippen LogP contribution in [0.15, 0.2) is 63.0 Å². The van der Waals surface area contributed by atoms with Crippen molar-refractivity contribution in [3.8, 4) is 0 Å². The number of nitrogens with zero attached hydrogens (tertiary/aromatic N) is 2. The van der Waals surface area contributed by atoms with E-state index in [-0.39, 0.29) is 11.9 Å². The molecular formula is C21H22N2O2S. The van der Waals surface area contributed by atoms with Gasteiger partial charge >= 0.3 is 0 Å². The molecular weight excluding hydrogens is 344 g/mol. The van der Waals surface area contributed by atoms with Crippen LogP contribution in [-0.4, -0.2) is 22.0 Å². The molecule has 1 aliphatic carbocycles. The Hall–Kier alpha value is -2.27. The van der Waals surface area contributed by atoms with Crippen LogP contribution in [0.3, 0.4) is 0 Å². The van der Waals surface area contributed by atoms with Gasteiger partial charge in [0, 0.05) is 12.1 Å². The molecule has 26 heavy (non-hydrogen) atoms. The van der Waals surface area contributed by atoms with Gasteiger partial charge in [-0.25, -0.2) is 4.99 Å². The van der Waals surface area contributed by atoms with Crippen LogP contribution in [0.1, 0.15) is 38.4 Å². The number of carbonyl (C=O) groups is 1. The number of amides is 1. The largest absolute Gasteiger partial charge is 0.465 e. The second-order valence-electron chi connectivity index (χ2n) is 6.86. The third-order valence-electron chi connectivity index (χ3n) is 5.03. The van der Waals surface area contributed by atoms with Crippen molar-refractivity contribution in [2.45, 2.75) is 38.6 Å². The minimum absolute atomic E-state index is 0.0415. The Morgan fingerprint density at radius 3 is 2.69 bits per heavy atom. The normalized spacial score (nSPS) is 26.8. The Kier molecular flexibility index (Phi) is 4.98. The number of rotatable bonds is 3. The van der Waals surface area contributed by atoms with Gasteiger partial charge in [-0.05, 0) is 54.8 Å². The first-order valence-electron chi connectivity index (χ1n) is 9.13. The lowest BCUT2D eigenvalue weighted by molar-refractivity contribution is -0.124. The number of amidine groups is 1. The van der Waals surface area contributed by atoms with E-state index in [1.807, 2.05) is 53.4 Å². The monoisotopic (exact) mass is 366 g/mol. The van der Waals surface area contributed by atoms with Crippen molar-refractivity contribution >= 4 is 34.6 Å². The molecule has 2 heterocycles.